The van der Waals surface area contributed by atoms with Crippen LogP contribution in [0.4, 0.5) is 0 Å². The van der Waals surface area contributed by atoms with E-state index in [1.165, 1.54) is 12.1 Å². The lowest BCUT2D eigenvalue weighted by molar-refractivity contribution is 0.604. The summed E-state index contributed by atoms with van der Waals surface area (Å²) in [5, 5.41) is 0.495. The first-order valence-corrected chi connectivity index (χ1v) is 8.99. The highest BCUT2D eigenvalue weighted by Gasteiger charge is 2.19. The van der Waals surface area contributed by atoms with Gasteiger partial charge in [0.25, 0.3) is 0 Å². The van der Waals surface area contributed by atoms with Crippen molar-refractivity contribution in [2.75, 3.05) is 0 Å². The normalized spacial score (nSPS) is 11.3. The fraction of sp³-hybridized carbons (Fsp3) is 0. The van der Waals surface area contributed by atoms with Crippen molar-refractivity contribution in [3.05, 3.63) is 68.8 Å². The molecule has 0 aliphatic rings. The van der Waals surface area contributed by atoms with Crippen LogP contribution in [0.1, 0.15) is 0 Å². The summed E-state index contributed by atoms with van der Waals surface area (Å²) in [5.41, 5.74) is 0. The number of hydrogen-bond acceptors (Lipinski definition) is 3. The van der Waals surface area contributed by atoms with Crippen LogP contribution in [0.3, 0.4) is 0 Å². The first kappa shape index (κ1) is 15.6. The van der Waals surface area contributed by atoms with E-state index in [9.17, 15) is 8.42 Å². The second-order valence-corrected chi connectivity index (χ2v) is 8.64. The monoisotopic (exact) mass is 388 g/mol. The zero-order chi connectivity index (χ0) is 14.8. The van der Waals surface area contributed by atoms with Crippen LogP contribution in [0.5, 0.6) is 0 Å². The van der Waals surface area contributed by atoms with Gasteiger partial charge in [-0.15, -0.1) is 0 Å². The highest BCUT2D eigenvalue weighted by atomic mass is 79.9. The number of thioether (sulfide) groups is 1. The predicted octanol–water partition coefficient (Wildman–Crippen LogP) is 5.14. The Kier molecular flexibility index (Phi) is 4.96. The summed E-state index contributed by atoms with van der Waals surface area (Å²) < 4.78 is 25.7. The molecule has 0 atom stereocenters. The maximum atomic E-state index is 12.3. The minimum absolute atomic E-state index is 0.0853. The van der Waals surface area contributed by atoms with E-state index in [1.54, 1.807) is 12.1 Å². The van der Waals surface area contributed by atoms with Crippen molar-refractivity contribution in [2.24, 2.45) is 0 Å². The lowest BCUT2D eigenvalue weighted by atomic mass is 10.4. The molecule has 104 valence electrons. The molecule has 2 nitrogen and oxygen atoms in total. The quantitative estimate of drug-likeness (QED) is 0.679. The average molecular weight is 390 g/mol. The Morgan fingerprint density at radius 2 is 1.60 bits per heavy atom. The highest BCUT2D eigenvalue weighted by Crippen LogP contribution is 2.33. The standard InChI is InChI=1S/C14H10BrClO2S2/c1-10(19-13-6-2-11(15)3-7-13)20(17,18)14-8-4-12(16)5-9-14/h2-9H,1H2. The van der Waals surface area contributed by atoms with E-state index < -0.39 is 9.84 Å². The third-order valence-corrected chi connectivity index (χ3v) is 6.39. The molecule has 0 fully saturated rings. The summed E-state index contributed by atoms with van der Waals surface area (Å²) >= 11 is 10.2. The third kappa shape index (κ3) is 3.67. The van der Waals surface area contributed by atoms with E-state index >= 15 is 0 Å². The van der Waals surface area contributed by atoms with Crippen molar-refractivity contribution in [3.8, 4) is 0 Å². The Balaban J connectivity index is 2.23. The molecular formula is C14H10BrClO2S2. The first-order chi connectivity index (χ1) is 9.39. The fourth-order valence-corrected chi connectivity index (χ4v) is 4.13. The molecule has 0 bridgehead atoms. The van der Waals surface area contributed by atoms with Gasteiger partial charge in [0.2, 0.25) is 9.84 Å². The van der Waals surface area contributed by atoms with E-state index in [0.29, 0.717) is 5.02 Å². The Labute approximate surface area is 135 Å². The van der Waals surface area contributed by atoms with Crippen molar-refractivity contribution in [1.29, 1.82) is 0 Å². The molecule has 0 spiro atoms. The van der Waals surface area contributed by atoms with E-state index in [0.717, 1.165) is 21.1 Å². The van der Waals surface area contributed by atoms with Crippen LogP contribution in [0.15, 0.2) is 73.6 Å². The van der Waals surface area contributed by atoms with Gasteiger partial charge >= 0.3 is 0 Å². The van der Waals surface area contributed by atoms with Gasteiger partial charge in [0, 0.05) is 14.4 Å². The fourth-order valence-electron chi connectivity index (χ4n) is 1.43. The van der Waals surface area contributed by atoms with Crippen LogP contribution >= 0.6 is 39.3 Å². The van der Waals surface area contributed by atoms with Crippen molar-refractivity contribution in [1.82, 2.24) is 0 Å². The summed E-state index contributed by atoms with van der Waals surface area (Å²) in [4.78, 5) is 1.01. The molecule has 0 heterocycles. The van der Waals surface area contributed by atoms with E-state index in [2.05, 4.69) is 22.5 Å². The van der Waals surface area contributed by atoms with Crippen LogP contribution in [-0.4, -0.2) is 8.42 Å². The SMILES string of the molecule is C=C(Sc1ccc(Br)cc1)S(=O)(=O)c1ccc(Cl)cc1. The minimum Gasteiger partial charge on any atom is -0.218 e. The molecule has 0 aliphatic carbocycles. The molecule has 0 aromatic heterocycles. The minimum atomic E-state index is -3.57. The topological polar surface area (TPSA) is 34.1 Å². The van der Waals surface area contributed by atoms with Crippen LogP contribution in [0, 0.1) is 0 Å². The molecule has 0 amide bonds. The lowest BCUT2D eigenvalue weighted by Gasteiger charge is -2.07. The molecule has 0 N–H and O–H groups in total. The Morgan fingerprint density at radius 1 is 1.05 bits per heavy atom. The molecule has 2 rings (SSSR count). The van der Waals surface area contributed by atoms with Crippen LogP contribution in [0.25, 0.3) is 0 Å². The van der Waals surface area contributed by atoms with Crippen LogP contribution < -0.4 is 0 Å². The third-order valence-electron chi connectivity index (χ3n) is 2.47. The summed E-state index contributed by atoms with van der Waals surface area (Å²) in [7, 11) is -3.57. The molecule has 2 aromatic carbocycles. The summed E-state index contributed by atoms with van der Waals surface area (Å²) in [6.45, 7) is 3.67. The van der Waals surface area contributed by atoms with Crippen LogP contribution in [0.2, 0.25) is 5.02 Å². The number of rotatable bonds is 4. The van der Waals surface area contributed by atoms with E-state index in [4.69, 9.17) is 11.6 Å². The number of sulfone groups is 1. The molecule has 20 heavy (non-hydrogen) atoms. The van der Waals surface area contributed by atoms with Crippen molar-refractivity contribution in [3.63, 3.8) is 0 Å². The van der Waals surface area contributed by atoms with Gasteiger partial charge < -0.3 is 0 Å². The summed E-state index contributed by atoms with van der Waals surface area (Å²) in [6.07, 6.45) is 0. The molecule has 0 unspecified atom stereocenters. The Morgan fingerprint density at radius 3 is 2.15 bits per heavy atom. The van der Waals surface area contributed by atoms with Gasteiger partial charge in [0.15, 0.2) is 0 Å². The molecular weight excluding hydrogens is 380 g/mol. The van der Waals surface area contributed by atoms with Gasteiger partial charge in [0.1, 0.15) is 4.24 Å². The van der Waals surface area contributed by atoms with E-state index in [1.807, 2.05) is 24.3 Å². The molecule has 0 saturated carbocycles. The Bertz CT molecular complexity index is 723. The smallest absolute Gasteiger partial charge is 0.212 e. The molecule has 0 saturated heterocycles. The van der Waals surface area contributed by atoms with E-state index in [-0.39, 0.29) is 9.13 Å². The van der Waals surface area contributed by atoms with Crippen LogP contribution in [-0.2, 0) is 9.84 Å². The Hall–Kier alpha value is -0.750. The molecule has 0 radical (unpaired) electrons. The number of halogens is 2. The first-order valence-electron chi connectivity index (χ1n) is 5.52. The molecule has 0 aliphatic heterocycles. The number of hydrogen-bond donors (Lipinski definition) is 0. The maximum absolute atomic E-state index is 12.3. The van der Waals surface area contributed by atoms with Crippen molar-refractivity contribution >= 4 is 49.1 Å². The van der Waals surface area contributed by atoms with Gasteiger partial charge in [-0.05, 0) is 48.5 Å². The summed E-state index contributed by atoms with van der Waals surface area (Å²) in [5.74, 6) is 0. The van der Waals surface area contributed by atoms with Gasteiger partial charge in [-0.1, -0.05) is 45.9 Å². The molecule has 2 aromatic rings. The molecule has 6 heteroatoms. The lowest BCUT2D eigenvalue weighted by Crippen LogP contribution is -2.01. The highest BCUT2D eigenvalue weighted by molar-refractivity contribution is 9.10. The van der Waals surface area contributed by atoms with Gasteiger partial charge in [-0.3, -0.25) is 0 Å². The second-order valence-electron chi connectivity index (χ2n) is 3.89. The van der Waals surface area contributed by atoms with Crippen molar-refractivity contribution < 1.29 is 8.42 Å². The number of benzene rings is 2. The predicted molar refractivity (Wildman–Crippen MR) is 87.8 cm³/mol. The maximum Gasteiger partial charge on any atom is 0.212 e. The van der Waals surface area contributed by atoms with Crippen molar-refractivity contribution in [2.45, 2.75) is 9.79 Å². The zero-order valence-corrected chi connectivity index (χ0v) is 14.2. The van der Waals surface area contributed by atoms with Gasteiger partial charge in [0.05, 0.1) is 4.90 Å². The zero-order valence-electron chi connectivity index (χ0n) is 10.2. The largest absolute Gasteiger partial charge is 0.218 e. The average Bonchev–Trinajstić information content (AvgIpc) is 2.42. The van der Waals surface area contributed by atoms with Gasteiger partial charge in [-0.25, -0.2) is 8.42 Å². The van der Waals surface area contributed by atoms with Gasteiger partial charge in [-0.2, -0.15) is 0 Å². The second kappa shape index (κ2) is 6.35. The summed E-state index contributed by atoms with van der Waals surface area (Å²) in [6, 6.07) is 13.4.